The maximum Gasteiger partial charge on any atom is 0.338 e. The molecule has 0 amide bonds. The highest BCUT2D eigenvalue weighted by Gasteiger charge is 2.15. The SMILES string of the molecule is COc1cccc2c1ccc1nc3cc(Br)cc(C(=O)O)c3nc12. The molecule has 4 rings (SSSR count). The molecule has 0 saturated carbocycles. The van der Waals surface area contributed by atoms with Crippen molar-refractivity contribution in [2.75, 3.05) is 7.11 Å². The van der Waals surface area contributed by atoms with Crippen LogP contribution in [0.5, 0.6) is 5.75 Å². The van der Waals surface area contributed by atoms with Gasteiger partial charge in [0.05, 0.1) is 29.2 Å². The molecule has 0 spiro atoms. The molecule has 24 heavy (non-hydrogen) atoms. The summed E-state index contributed by atoms with van der Waals surface area (Å²) < 4.78 is 6.05. The van der Waals surface area contributed by atoms with Gasteiger partial charge in [-0.1, -0.05) is 28.1 Å². The van der Waals surface area contributed by atoms with Gasteiger partial charge in [-0.15, -0.1) is 0 Å². The molecular formula is C18H11BrN2O3. The Balaban J connectivity index is 2.19. The lowest BCUT2D eigenvalue weighted by Gasteiger charge is -2.09. The number of aromatic nitrogens is 2. The van der Waals surface area contributed by atoms with Crippen molar-refractivity contribution < 1.29 is 14.6 Å². The van der Waals surface area contributed by atoms with Gasteiger partial charge >= 0.3 is 5.97 Å². The fourth-order valence-corrected chi connectivity index (χ4v) is 3.33. The van der Waals surface area contributed by atoms with E-state index in [0.717, 1.165) is 16.5 Å². The second-order valence-corrected chi connectivity index (χ2v) is 6.25. The van der Waals surface area contributed by atoms with Crippen LogP contribution in [0.3, 0.4) is 0 Å². The molecule has 118 valence electrons. The van der Waals surface area contributed by atoms with Crippen LogP contribution in [0.4, 0.5) is 0 Å². The third-order valence-electron chi connectivity index (χ3n) is 3.94. The van der Waals surface area contributed by atoms with E-state index < -0.39 is 5.97 Å². The fourth-order valence-electron chi connectivity index (χ4n) is 2.88. The molecule has 6 heteroatoms. The minimum Gasteiger partial charge on any atom is -0.496 e. The first-order valence-electron chi connectivity index (χ1n) is 7.18. The smallest absolute Gasteiger partial charge is 0.338 e. The third-order valence-corrected chi connectivity index (χ3v) is 4.40. The van der Waals surface area contributed by atoms with E-state index >= 15 is 0 Å². The molecular weight excluding hydrogens is 372 g/mol. The molecule has 1 N–H and O–H groups in total. The van der Waals surface area contributed by atoms with E-state index in [2.05, 4.69) is 25.9 Å². The molecule has 0 aliphatic carbocycles. The second-order valence-electron chi connectivity index (χ2n) is 5.34. The number of fused-ring (bicyclic) bond motifs is 4. The summed E-state index contributed by atoms with van der Waals surface area (Å²) in [6.45, 7) is 0. The molecule has 0 unspecified atom stereocenters. The van der Waals surface area contributed by atoms with Gasteiger partial charge in [0.1, 0.15) is 11.3 Å². The summed E-state index contributed by atoms with van der Waals surface area (Å²) in [6, 6.07) is 12.8. The average molecular weight is 383 g/mol. The Labute approximate surface area is 145 Å². The second kappa shape index (κ2) is 5.42. The summed E-state index contributed by atoms with van der Waals surface area (Å²) in [4.78, 5) is 20.8. The van der Waals surface area contributed by atoms with Crippen molar-refractivity contribution in [1.29, 1.82) is 0 Å². The number of benzene rings is 3. The van der Waals surface area contributed by atoms with Crippen LogP contribution in [0.1, 0.15) is 10.4 Å². The molecule has 1 aromatic heterocycles. The highest BCUT2D eigenvalue weighted by molar-refractivity contribution is 9.10. The molecule has 3 aromatic carbocycles. The summed E-state index contributed by atoms with van der Waals surface area (Å²) in [5, 5.41) is 11.3. The Kier molecular flexibility index (Phi) is 3.35. The number of ether oxygens (including phenoxy) is 1. The lowest BCUT2D eigenvalue weighted by atomic mass is 10.1. The number of aromatic carboxylic acids is 1. The van der Waals surface area contributed by atoms with Crippen molar-refractivity contribution in [3.8, 4) is 5.75 Å². The molecule has 0 fully saturated rings. The van der Waals surface area contributed by atoms with Crippen LogP contribution in [0.2, 0.25) is 0 Å². The zero-order chi connectivity index (χ0) is 16.8. The van der Waals surface area contributed by atoms with Gasteiger partial charge in [-0.25, -0.2) is 14.8 Å². The molecule has 4 aromatic rings. The largest absolute Gasteiger partial charge is 0.496 e. The van der Waals surface area contributed by atoms with Crippen molar-refractivity contribution in [1.82, 2.24) is 9.97 Å². The number of carboxylic acids is 1. The maximum absolute atomic E-state index is 11.6. The Hall–Kier alpha value is -2.73. The van der Waals surface area contributed by atoms with Crippen LogP contribution < -0.4 is 4.74 Å². The summed E-state index contributed by atoms with van der Waals surface area (Å²) in [7, 11) is 1.62. The van der Waals surface area contributed by atoms with E-state index in [1.54, 1.807) is 13.2 Å². The van der Waals surface area contributed by atoms with Crippen LogP contribution >= 0.6 is 15.9 Å². The van der Waals surface area contributed by atoms with Crippen LogP contribution in [-0.2, 0) is 0 Å². The van der Waals surface area contributed by atoms with Crippen LogP contribution in [-0.4, -0.2) is 28.2 Å². The topological polar surface area (TPSA) is 72.3 Å². The van der Waals surface area contributed by atoms with Crippen LogP contribution in [0.15, 0.2) is 46.9 Å². The third kappa shape index (κ3) is 2.18. The molecule has 0 saturated heterocycles. The lowest BCUT2D eigenvalue weighted by Crippen LogP contribution is -2.01. The van der Waals surface area contributed by atoms with Gasteiger partial charge in [0, 0.05) is 15.2 Å². The molecule has 1 heterocycles. The molecule has 0 bridgehead atoms. The zero-order valence-corrected chi connectivity index (χ0v) is 14.2. The van der Waals surface area contributed by atoms with E-state index in [1.165, 1.54) is 6.07 Å². The molecule has 0 radical (unpaired) electrons. The normalized spacial score (nSPS) is 11.2. The predicted molar refractivity (Wildman–Crippen MR) is 95.8 cm³/mol. The summed E-state index contributed by atoms with van der Waals surface area (Å²) in [5.41, 5.74) is 2.39. The van der Waals surface area contributed by atoms with Crippen molar-refractivity contribution >= 4 is 54.7 Å². The van der Waals surface area contributed by atoms with E-state index in [9.17, 15) is 9.90 Å². The predicted octanol–water partition coefficient (Wildman–Crippen LogP) is 4.41. The van der Waals surface area contributed by atoms with E-state index in [0.29, 0.717) is 26.5 Å². The van der Waals surface area contributed by atoms with Gasteiger partial charge in [-0.3, -0.25) is 0 Å². The Bertz CT molecular complexity index is 1140. The van der Waals surface area contributed by atoms with Gasteiger partial charge in [-0.05, 0) is 30.3 Å². The van der Waals surface area contributed by atoms with Crippen LogP contribution in [0, 0.1) is 0 Å². The van der Waals surface area contributed by atoms with E-state index in [4.69, 9.17) is 4.74 Å². The highest BCUT2D eigenvalue weighted by Crippen LogP contribution is 2.32. The van der Waals surface area contributed by atoms with Crippen molar-refractivity contribution in [2.24, 2.45) is 0 Å². The fraction of sp³-hybridized carbons (Fsp3) is 0.0556. The number of methoxy groups -OCH3 is 1. The van der Waals surface area contributed by atoms with Crippen LogP contribution in [0.25, 0.3) is 32.8 Å². The van der Waals surface area contributed by atoms with E-state index in [-0.39, 0.29) is 5.56 Å². The Morgan fingerprint density at radius 2 is 1.88 bits per heavy atom. The van der Waals surface area contributed by atoms with Crippen molar-refractivity contribution in [3.05, 3.63) is 52.5 Å². The number of nitrogens with zero attached hydrogens (tertiary/aromatic N) is 2. The number of rotatable bonds is 2. The molecule has 0 aliphatic heterocycles. The molecule has 0 aliphatic rings. The average Bonchev–Trinajstić information content (AvgIpc) is 2.58. The maximum atomic E-state index is 11.6. The van der Waals surface area contributed by atoms with Gasteiger partial charge in [0.15, 0.2) is 0 Å². The number of carbonyl (C=O) groups is 1. The van der Waals surface area contributed by atoms with E-state index in [1.807, 2.05) is 30.3 Å². The van der Waals surface area contributed by atoms with Gasteiger partial charge < -0.3 is 9.84 Å². The van der Waals surface area contributed by atoms with Crippen molar-refractivity contribution in [3.63, 3.8) is 0 Å². The first-order chi connectivity index (χ1) is 11.6. The molecule has 5 nitrogen and oxygen atoms in total. The minimum atomic E-state index is -1.03. The Morgan fingerprint density at radius 1 is 1.04 bits per heavy atom. The lowest BCUT2D eigenvalue weighted by molar-refractivity contribution is 0.0698. The number of carboxylic acid groups (broad SMARTS) is 1. The summed E-state index contributed by atoms with van der Waals surface area (Å²) in [5.74, 6) is -0.293. The Morgan fingerprint density at radius 3 is 2.62 bits per heavy atom. The van der Waals surface area contributed by atoms with Gasteiger partial charge in [0.25, 0.3) is 0 Å². The first-order valence-corrected chi connectivity index (χ1v) is 7.98. The minimum absolute atomic E-state index is 0.119. The van der Waals surface area contributed by atoms with Gasteiger partial charge in [-0.2, -0.15) is 0 Å². The first kappa shape index (κ1) is 14.8. The standard InChI is InChI=1S/C18H11BrN2O3/c1-24-15-4-2-3-11-10(15)5-6-13-16(11)21-17-12(18(22)23)7-9(19)8-14(17)20-13/h2-8H,1H3,(H,22,23). The van der Waals surface area contributed by atoms with Gasteiger partial charge in [0.2, 0.25) is 0 Å². The number of halogens is 1. The molecule has 0 atom stereocenters. The summed E-state index contributed by atoms with van der Waals surface area (Å²) in [6.07, 6.45) is 0. The monoisotopic (exact) mass is 382 g/mol. The summed E-state index contributed by atoms with van der Waals surface area (Å²) >= 11 is 3.33. The highest BCUT2D eigenvalue weighted by atomic mass is 79.9. The number of hydrogen-bond donors (Lipinski definition) is 1. The van der Waals surface area contributed by atoms with Crippen molar-refractivity contribution in [2.45, 2.75) is 0 Å². The number of hydrogen-bond acceptors (Lipinski definition) is 4. The zero-order valence-electron chi connectivity index (χ0n) is 12.6. The quantitative estimate of drug-likeness (QED) is 0.410.